The number of nitrogens with one attached hydrogen (secondary N) is 2. The van der Waals surface area contributed by atoms with E-state index in [1.165, 1.54) is 51.4 Å². The van der Waals surface area contributed by atoms with Crippen molar-refractivity contribution in [3.8, 4) is 0 Å². The van der Waals surface area contributed by atoms with Crippen LogP contribution >= 0.6 is 15.9 Å². The van der Waals surface area contributed by atoms with Gasteiger partial charge in [0.2, 0.25) is 11.8 Å². The van der Waals surface area contributed by atoms with Crippen LogP contribution < -0.4 is 10.6 Å². The van der Waals surface area contributed by atoms with Gasteiger partial charge < -0.3 is 43.8 Å². The summed E-state index contributed by atoms with van der Waals surface area (Å²) in [5, 5.41) is 5.91. The second-order valence-corrected chi connectivity index (χ2v) is 13.4. The van der Waals surface area contributed by atoms with Crippen LogP contribution in [0.5, 0.6) is 0 Å². The first kappa shape index (κ1) is 47.7. The third kappa shape index (κ3) is 41.0. The number of carbonyl (C=O) groups is 3. The van der Waals surface area contributed by atoms with Crippen LogP contribution in [0.3, 0.4) is 0 Å². The lowest BCUT2D eigenvalue weighted by Crippen LogP contribution is -2.28. The number of halogens is 1. The Morgan fingerprint density at radius 1 is 0.449 bits per heavy atom. The Labute approximate surface area is 305 Å². The van der Waals surface area contributed by atoms with Gasteiger partial charge >= 0.3 is 5.97 Å². The molecule has 0 heterocycles. The standard InChI is InChI=1S/C36H69BrN2O10/c1-36(2,3)49-35(42)17-15-13-11-9-7-5-4-6-8-10-12-14-16-33(40)38-18-20-43-22-24-45-26-28-47-30-31-48-29-27-46-25-23-44-21-19-39-34(41)32-37/h4-32H2,1-3H3,(H,38,40)(H,39,41). The molecule has 0 spiro atoms. The van der Waals surface area contributed by atoms with E-state index in [0.29, 0.717) is 111 Å². The van der Waals surface area contributed by atoms with Gasteiger partial charge in [0.1, 0.15) is 5.60 Å². The van der Waals surface area contributed by atoms with Crippen molar-refractivity contribution in [3.05, 3.63) is 0 Å². The minimum atomic E-state index is -0.385. The molecule has 12 nitrogen and oxygen atoms in total. The molecule has 0 aromatic carbocycles. The zero-order valence-corrected chi connectivity index (χ0v) is 32.6. The second-order valence-electron chi connectivity index (χ2n) is 12.8. The van der Waals surface area contributed by atoms with Gasteiger partial charge in [0.25, 0.3) is 0 Å². The summed E-state index contributed by atoms with van der Waals surface area (Å²) in [5.74, 6) is -0.0480. The van der Waals surface area contributed by atoms with Gasteiger partial charge in [-0.1, -0.05) is 80.1 Å². The van der Waals surface area contributed by atoms with E-state index < -0.39 is 0 Å². The Kier molecular flexibility index (Phi) is 35.4. The van der Waals surface area contributed by atoms with E-state index in [0.717, 1.165) is 25.7 Å². The first-order valence-electron chi connectivity index (χ1n) is 18.5. The van der Waals surface area contributed by atoms with E-state index in [9.17, 15) is 14.4 Å². The topological polar surface area (TPSA) is 140 Å². The molecule has 0 aromatic rings. The molecule has 0 aromatic heterocycles. The molecule has 0 bridgehead atoms. The Balaban J connectivity index is 3.21. The van der Waals surface area contributed by atoms with Gasteiger partial charge in [-0.2, -0.15) is 0 Å². The maximum atomic E-state index is 12.0. The highest BCUT2D eigenvalue weighted by atomic mass is 79.9. The molecule has 0 aliphatic rings. The number of hydrogen-bond donors (Lipinski definition) is 2. The molecule has 0 radical (unpaired) electrons. The first-order valence-corrected chi connectivity index (χ1v) is 19.6. The Bertz CT molecular complexity index is 771. The molecule has 0 aliphatic heterocycles. The monoisotopic (exact) mass is 768 g/mol. The van der Waals surface area contributed by atoms with Crippen molar-refractivity contribution in [3.63, 3.8) is 0 Å². The number of ether oxygens (including phenoxy) is 7. The summed E-state index contributed by atoms with van der Waals surface area (Å²) in [5.41, 5.74) is -0.385. The highest BCUT2D eigenvalue weighted by molar-refractivity contribution is 9.09. The SMILES string of the molecule is CC(C)(C)OC(=O)CCCCCCCCCCCCCCC(=O)NCCOCCOCCOCCOCCOCCOCCNC(=O)CBr. The molecule has 0 unspecified atom stereocenters. The molecular weight excluding hydrogens is 700 g/mol. The summed E-state index contributed by atoms with van der Waals surface area (Å²) in [6, 6.07) is 0. The fourth-order valence-corrected chi connectivity index (χ4v) is 4.78. The zero-order chi connectivity index (χ0) is 36.1. The molecule has 0 aliphatic carbocycles. The van der Waals surface area contributed by atoms with E-state index in [-0.39, 0.29) is 23.4 Å². The molecule has 0 fully saturated rings. The highest BCUT2D eigenvalue weighted by Gasteiger charge is 2.15. The van der Waals surface area contributed by atoms with Gasteiger partial charge in [-0.05, 0) is 33.6 Å². The Morgan fingerprint density at radius 2 is 0.755 bits per heavy atom. The van der Waals surface area contributed by atoms with E-state index >= 15 is 0 Å². The smallest absolute Gasteiger partial charge is 0.306 e. The summed E-state index contributed by atoms with van der Waals surface area (Å²) in [6.45, 7) is 12.5. The van der Waals surface area contributed by atoms with Gasteiger partial charge in [-0.15, -0.1) is 0 Å². The molecule has 290 valence electrons. The quantitative estimate of drug-likeness (QED) is 0.0472. The van der Waals surface area contributed by atoms with Crippen LogP contribution in [0.15, 0.2) is 0 Å². The predicted molar refractivity (Wildman–Crippen MR) is 195 cm³/mol. The number of hydrogen-bond acceptors (Lipinski definition) is 10. The summed E-state index contributed by atoms with van der Waals surface area (Å²) >= 11 is 3.08. The van der Waals surface area contributed by atoms with Gasteiger partial charge in [0.15, 0.2) is 0 Å². The van der Waals surface area contributed by atoms with Crippen LogP contribution in [0.2, 0.25) is 0 Å². The lowest BCUT2D eigenvalue weighted by atomic mass is 10.0. The molecular formula is C36H69BrN2O10. The summed E-state index contributed by atoms with van der Waals surface area (Å²) in [7, 11) is 0. The molecule has 2 N–H and O–H groups in total. The van der Waals surface area contributed by atoms with Gasteiger partial charge in [0.05, 0.1) is 84.6 Å². The zero-order valence-electron chi connectivity index (χ0n) is 31.0. The van der Waals surface area contributed by atoms with Crippen LogP contribution in [-0.4, -0.2) is 121 Å². The molecule has 2 amide bonds. The van der Waals surface area contributed by atoms with Crippen molar-refractivity contribution in [1.82, 2.24) is 10.6 Å². The highest BCUT2D eigenvalue weighted by Crippen LogP contribution is 2.14. The molecule has 0 rings (SSSR count). The second kappa shape index (κ2) is 36.4. The Hall–Kier alpha value is -1.35. The maximum Gasteiger partial charge on any atom is 0.306 e. The fraction of sp³-hybridized carbons (Fsp3) is 0.917. The summed E-state index contributed by atoms with van der Waals surface area (Å²) in [6.07, 6.45) is 15.2. The minimum absolute atomic E-state index is 0.0576. The van der Waals surface area contributed by atoms with Crippen molar-refractivity contribution in [2.75, 3.05) is 97.7 Å². The number of esters is 1. The van der Waals surface area contributed by atoms with E-state index in [4.69, 9.17) is 33.2 Å². The number of amides is 2. The number of unbranched alkanes of at least 4 members (excludes halogenated alkanes) is 11. The van der Waals surface area contributed by atoms with Gasteiger partial charge in [0, 0.05) is 25.9 Å². The molecule has 49 heavy (non-hydrogen) atoms. The van der Waals surface area contributed by atoms with Crippen molar-refractivity contribution >= 4 is 33.7 Å². The average Bonchev–Trinajstić information content (AvgIpc) is 3.06. The van der Waals surface area contributed by atoms with Crippen molar-refractivity contribution in [1.29, 1.82) is 0 Å². The largest absolute Gasteiger partial charge is 0.460 e. The van der Waals surface area contributed by atoms with Crippen LogP contribution in [0, 0.1) is 0 Å². The Morgan fingerprint density at radius 3 is 1.10 bits per heavy atom. The summed E-state index contributed by atoms with van der Waals surface area (Å²) < 4.78 is 38.0. The molecule has 0 atom stereocenters. The van der Waals surface area contributed by atoms with Crippen LogP contribution in [0.1, 0.15) is 111 Å². The average molecular weight is 770 g/mol. The molecule has 0 saturated heterocycles. The number of rotatable bonds is 37. The van der Waals surface area contributed by atoms with Gasteiger partial charge in [-0.25, -0.2) is 0 Å². The fourth-order valence-electron chi connectivity index (χ4n) is 4.58. The van der Waals surface area contributed by atoms with Crippen LogP contribution in [-0.2, 0) is 47.5 Å². The van der Waals surface area contributed by atoms with Gasteiger partial charge in [-0.3, -0.25) is 14.4 Å². The molecule has 13 heteroatoms. The normalized spacial score (nSPS) is 11.5. The van der Waals surface area contributed by atoms with E-state index in [1.807, 2.05) is 20.8 Å². The third-order valence-electron chi connectivity index (χ3n) is 7.07. The minimum Gasteiger partial charge on any atom is -0.460 e. The van der Waals surface area contributed by atoms with Crippen LogP contribution in [0.25, 0.3) is 0 Å². The maximum absolute atomic E-state index is 12.0. The van der Waals surface area contributed by atoms with Crippen molar-refractivity contribution < 1.29 is 47.5 Å². The lowest BCUT2D eigenvalue weighted by molar-refractivity contribution is -0.155. The van der Waals surface area contributed by atoms with Crippen molar-refractivity contribution in [2.45, 2.75) is 116 Å². The van der Waals surface area contributed by atoms with Crippen molar-refractivity contribution in [2.24, 2.45) is 0 Å². The number of alkyl halides is 1. The van der Waals surface area contributed by atoms with E-state index in [2.05, 4.69) is 26.6 Å². The van der Waals surface area contributed by atoms with Crippen LogP contribution in [0.4, 0.5) is 0 Å². The predicted octanol–water partition coefficient (Wildman–Crippen LogP) is 5.52. The van der Waals surface area contributed by atoms with E-state index in [1.54, 1.807) is 0 Å². The number of carbonyl (C=O) groups excluding carboxylic acids is 3. The molecule has 0 saturated carbocycles. The summed E-state index contributed by atoms with van der Waals surface area (Å²) in [4.78, 5) is 34.7. The lowest BCUT2D eigenvalue weighted by Gasteiger charge is -2.19. The first-order chi connectivity index (χ1) is 23.7. The third-order valence-corrected chi connectivity index (χ3v) is 7.58.